The topological polar surface area (TPSA) is 90.4 Å². The molecule has 2 aromatic rings. The third-order valence-corrected chi connectivity index (χ3v) is 10.9. The Bertz CT molecular complexity index is 1470. The molecule has 3 unspecified atom stereocenters. The standard InChI is InChI=1S/C37H49N3O5/c1-8-18-38(19-9-2)33(42)30-31-34(43)40(29(23-41)24(5)11-4)32(37(31)22-25(6)36(30,7)45-37)35(44)39(20-10-3)28-17-16-26-14-12-13-15-27(26)21-28/h8,10,12-17,21,24-25,29-32,41H,1,3,9,11,18-20,22-23H2,2,4-7H3/t24-,25?,29-,30-,31-,32?,36+,37?/m0/s1. The zero-order chi connectivity index (χ0) is 32.7. The monoisotopic (exact) mass is 615 g/mol. The molecule has 3 fully saturated rings. The van der Waals surface area contributed by atoms with Gasteiger partial charge in [0.25, 0.3) is 5.91 Å². The Morgan fingerprint density at radius 2 is 1.80 bits per heavy atom. The van der Waals surface area contributed by atoms with E-state index in [-0.39, 0.29) is 42.7 Å². The van der Waals surface area contributed by atoms with E-state index < -0.39 is 35.1 Å². The maximum atomic E-state index is 15.1. The second-order valence-corrected chi connectivity index (χ2v) is 13.4. The van der Waals surface area contributed by atoms with Crippen LogP contribution >= 0.6 is 0 Å². The van der Waals surface area contributed by atoms with Crippen molar-refractivity contribution in [1.29, 1.82) is 0 Å². The first-order valence-electron chi connectivity index (χ1n) is 16.5. The number of anilines is 1. The van der Waals surface area contributed by atoms with Gasteiger partial charge >= 0.3 is 0 Å². The Hall–Kier alpha value is -3.49. The highest BCUT2D eigenvalue weighted by atomic mass is 16.5. The summed E-state index contributed by atoms with van der Waals surface area (Å²) in [6.45, 7) is 18.7. The summed E-state index contributed by atoms with van der Waals surface area (Å²) in [5.41, 5.74) is -1.45. The first kappa shape index (κ1) is 32.9. The van der Waals surface area contributed by atoms with Crippen molar-refractivity contribution in [2.75, 3.05) is 31.1 Å². The molecule has 3 aliphatic rings. The summed E-state index contributed by atoms with van der Waals surface area (Å²) in [4.78, 5) is 49.4. The maximum Gasteiger partial charge on any atom is 0.253 e. The van der Waals surface area contributed by atoms with Gasteiger partial charge in [0, 0.05) is 25.3 Å². The molecule has 8 atom stereocenters. The smallest absolute Gasteiger partial charge is 0.253 e. The van der Waals surface area contributed by atoms with Crippen LogP contribution in [0.2, 0.25) is 0 Å². The molecule has 3 amide bonds. The van der Waals surface area contributed by atoms with Crippen molar-refractivity contribution in [3.8, 4) is 0 Å². The Morgan fingerprint density at radius 3 is 2.42 bits per heavy atom. The molecule has 5 rings (SSSR count). The number of amides is 3. The number of likely N-dealkylation sites (tertiary alicyclic amines) is 1. The molecule has 0 radical (unpaired) electrons. The van der Waals surface area contributed by atoms with Gasteiger partial charge in [0.1, 0.15) is 11.6 Å². The fourth-order valence-electron chi connectivity index (χ4n) is 8.36. The molecule has 0 saturated carbocycles. The summed E-state index contributed by atoms with van der Waals surface area (Å²) in [7, 11) is 0. The number of rotatable bonds is 13. The lowest BCUT2D eigenvalue weighted by molar-refractivity contribution is -0.154. The molecule has 2 bridgehead atoms. The van der Waals surface area contributed by atoms with Crippen molar-refractivity contribution in [3.05, 3.63) is 67.8 Å². The number of hydrogen-bond donors (Lipinski definition) is 1. The van der Waals surface area contributed by atoms with E-state index in [9.17, 15) is 14.7 Å². The van der Waals surface area contributed by atoms with Crippen LogP contribution in [0, 0.1) is 23.7 Å². The summed E-state index contributed by atoms with van der Waals surface area (Å²) in [6, 6.07) is 12.2. The average Bonchev–Trinajstić information content (AvgIpc) is 3.55. The van der Waals surface area contributed by atoms with E-state index in [2.05, 4.69) is 20.1 Å². The van der Waals surface area contributed by atoms with Crippen molar-refractivity contribution in [3.63, 3.8) is 0 Å². The number of ether oxygens (including phenoxy) is 1. The molecule has 8 heteroatoms. The highest BCUT2D eigenvalue weighted by Crippen LogP contribution is 2.66. The van der Waals surface area contributed by atoms with Crippen LogP contribution in [0.5, 0.6) is 0 Å². The molecule has 3 aliphatic heterocycles. The van der Waals surface area contributed by atoms with Gasteiger partial charge in [-0.1, -0.05) is 76.6 Å². The summed E-state index contributed by atoms with van der Waals surface area (Å²) in [5, 5.41) is 12.8. The maximum absolute atomic E-state index is 15.1. The van der Waals surface area contributed by atoms with Crippen LogP contribution in [0.25, 0.3) is 10.8 Å². The molecule has 1 spiro atoms. The summed E-state index contributed by atoms with van der Waals surface area (Å²) in [6.07, 6.45) is 5.32. The van der Waals surface area contributed by atoms with E-state index in [1.54, 1.807) is 26.9 Å². The number of nitrogens with zero attached hydrogens (tertiary/aromatic N) is 3. The van der Waals surface area contributed by atoms with Crippen LogP contribution in [0.4, 0.5) is 5.69 Å². The molecule has 3 heterocycles. The third kappa shape index (κ3) is 5.10. The number of aliphatic hydroxyl groups excluding tert-OH is 1. The number of carbonyl (C=O) groups excluding carboxylic acids is 3. The zero-order valence-corrected chi connectivity index (χ0v) is 27.4. The highest BCUT2D eigenvalue weighted by molar-refractivity contribution is 6.06. The number of benzene rings is 2. The number of hydrogen-bond acceptors (Lipinski definition) is 5. The second kappa shape index (κ2) is 12.7. The van der Waals surface area contributed by atoms with Crippen LogP contribution in [-0.4, -0.2) is 82.2 Å². The molecular formula is C37H49N3O5. The quantitative estimate of drug-likeness (QED) is 0.313. The van der Waals surface area contributed by atoms with Gasteiger partial charge in [0.05, 0.1) is 30.1 Å². The predicted octanol–water partition coefficient (Wildman–Crippen LogP) is 5.20. The molecule has 2 aromatic carbocycles. The van der Waals surface area contributed by atoms with E-state index in [1.807, 2.05) is 70.2 Å². The minimum atomic E-state index is -1.22. The van der Waals surface area contributed by atoms with Crippen LogP contribution in [0.1, 0.15) is 53.9 Å². The van der Waals surface area contributed by atoms with Crippen molar-refractivity contribution in [1.82, 2.24) is 9.80 Å². The number of carbonyl (C=O) groups is 3. The van der Waals surface area contributed by atoms with Gasteiger partial charge in [0.15, 0.2) is 0 Å². The normalized spacial score (nSPS) is 29.8. The Morgan fingerprint density at radius 1 is 1.11 bits per heavy atom. The van der Waals surface area contributed by atoms with Crippen LogP contribution in [0.3, 0.4) is 0 Å². The highest BCUT2D eigenvalue weighted by Gasteiger charge is 2.80. The van der Waals surface area contributed by atoms with E-state index in [0.717, 1.165) is 17.2 Å². The lowest BCUT2D eigenvalue weighted by Gasteiger charge is -2.41. The van der Waals surface area contributed by atoms with Crippen molar-refractivity contribution < 1.29 is 24.2 Å². The van der Waals surface area contributed by atoms with Gasteiger partial charge < -0.3 is 24.5 Å². The van der Waals surface area contributed by atoms with E-state index in [4.69, 9.17) is 4.74 Å². The Kier molecular flexibility index (Phi) is 9.30. The molecule has 3 saturated heterocycles. The van der Waals surface area contributed by atoms with Gasteiger partial charge in [-0.05, 0) is 54.5 Å². The first-order chi connectivity index (χ1) is 21.5. The lowest BCUT2D eigenvalue weighted by atomic mass is 9.62. The predicted molar refractivity (Wildman–Crippen MR) is 178 cm³/mol. The van der Waals surface area contributed by atoms with Gasteiger partial charge in [-0.15, -0.1) is 13.2 Å². The van der Waals surface area contributed by atoms with Gasteiger partial charge in [-0.25, -0.2) is 0 Å². The zero-order valence-electron chi connectivity index (χ0n) is 27.4. The summed E-state index contributed by atoms with van der Waals surface area (Å²) in [5.74, 6) is -2.48. The number of aliphatic hydroxyl groups is 1. The summed E-state index contributed by atoms with van der Waals surface area (Å²) >= 11 is 0. The fraction of sp³-hybridized carbons (Fsp3) is 0.541. The van der Waals surface area contributed by atoms with E-state index >= 15 is 4.79 Å². The fourth-order valence-corrected chi connectivity index (χ4v) is 8.36. The molecule has 0 aliphatic carbocycles. The average molecular weight is 616 g/mol. The lowest BCUT2D eigenvalue weighted by Crippen LogP contribution is -2.60. The van der Waals surface area contributed by atoms with E-state index in [0.29, 0.717) is 31.6 Å². The van der Waals surface area contributed by atoms with Gasteiger partial charge in [0.2, 0.25) is 11.8 Å². The molecule has 45 heavy (non-hydrogen) atoms. The van der Waals surface area contributed by atoms with Gasteiger partial charge in [-0.2, -0.15) is 0 Å². The molecule has 0 aromatic heterocycles. The second-order valence-electron chi connectivity index (χ2n) is 13.4. The molecule has 242 valence electrons. The van der Waals surface area contributed by atoms with Crippen LogP contribution < -0.4 is 4.90 Å². The number of fused-ring (bicyclic) bond motifs is 2. The van der Waals surface area contributed by atoms with E-state index in [1.165, 1.54) is 0 Å². The van der Waals surface area contributed by atoms with Crippen LogP contribution in [-0.2, 0) is 19.1 Å². The van der Waals surface area contributed by atoms with Crippen molar-refractivity contribution in [2.45, 2.75) is 77.2 Å². The first-order valence-corrected chi connectivity index (χ1v) is 16.5. The Balaban J connectivity index is 1.67. The third-order valence-electron chi connectivity index (χ3n) is 10.9. The van der Waals surface area contributed by atoms with Crippen molar-refractivity contribution >= 4 is 34.2 Å². The molecular weight excluding hydrogens is 566 g/mol. The molecule has 1 N–H and O–H groups in total. The largest absolute Gasteiger partial charge is 0.394 e. The minimum absolute atomic E-state index is 0.0809. The van der Waals surface area contributed by atoms with Crippen molar-refractivity contribution in [2.24, 2.45) is 23.7 Å². The molecule has 8 nitrogen and oxygen atoms in total. The Labute approximate surface area is 267 Å². The summed E-state index contributed by atoms with van der Waals surface area (Å²) < 4.78 is 7.01. The minimum Gasteiger partial charge on any atom is -0.394 e. The van der Waals surface area contributed by atoms with Gasteiger partial charge in [-0.3, -0.25) is 14.4 Å². The SMILES string of the molecule is C=CCN(CCC)C(=O)[C@@H]1[C@H]2C(=O)N([C@@H](CO)[C@@H](C)CC)C(C(=O)N(CC=C)c3ccc4ccccc4c3)C23CC(C)[C@@]1(C)O3. The van der Waals surface area contributed by atoms with Crippen LogP contribution in [0.15, 0.2) is 67.8 Å².